The predicted molar refractivity (Wildman–Crippen MR) is 69.1 cm³/mol. The van der Waals surface area contributed by atoms with E-state index in [1.54, 1.807) is 13.0 Å². The summed E-state index contributed by atoms with van der Waals surface area (Å²) in [5.41, 5.74) is -0.164. The molecule has 1 aromatic carbocycles. The van der Waals surface area contributed by atoms with E-state index in [0.717, 1.165) is 12.1 Å². The van der Waals surface area contributed by atoms with Crippen LogP contribution in [-0.2, 0) is 4.74 Å². The molecule has 0 radical (unpaired) electrons. The van der Waals surface area contributed by atoms with Crippen LogP contribution in [0.2, 0.25) is 0 Å². The van der Waals surface area contributed by atoms with Gasteiger partial charge in [-0.25, -0.2) is 9.78 Å². The van der Waals surface area contributed by atoms with Gasteiger partial charge in [-0.1, -0.05) is 0 Å². The van der Waals surface area contributed by atoms with Crippen LogP contribution in [-0.4, -0.2) is 23.9 Å². The monoisotopic (exact) mass is 310 g/mol. The molecule has 0 unspecified atom stereocenters. The fraction of sp³-hybridized carbons (Fsp3) is 0.214. The van der Waals surface area contributed by atoms with Crippen molar-refractivity contribution in [2.75, 3.05) is 6.61 Å². The van der Waals surface area contributed by atoms with Gasteiger partial charge in [-0.15, -0.1) is 13.2 Å². The number of aromatic nitrogens is 1. The van der Waals surface area contributed by atoms with Crippen molar-refractivity contribution in [3.8, 4) is 11.8 Å². The summed E-state index contributed by atoms with van der Waals surface area (Å²) in [6.07, 6.45) is -4.82. The first-order valence-corrected chi connectivity index (χ1v) is 6.12. The third-order valence-electron chi connectivity index (χ3n) is 2.62. The van der Waals surface area contributed by atoms with E-state index in [2.05, 4.69) is 9.72 Å². The number of fused-ring (bicyclic) bond motifs is 1. The Kier molecular flexibility index (Phi) is 4.17. The minimum atomic E-state index is -4.82. The van der Waals surface area contributed by atoms with Crippen LogP contribution in [0.25, 0.3) is 10.9 Å². The number of nitrogens with zero attached hydrogens (tertiary/aromatic N) is 2. The molecule has 0 aliphatic rings. The molecule has 0 spiro atoms. The molecule has 5 nitrogen and oxygen atoms in total. The Morgan fingerprint density at radius 1 is 1.36 bits per heavy atom. The van der Waals surface area contributed by atoms with E-state index < -0.39 is 18.1 Å². The van der Waals surface area contributed by atoms with Crippen LogP contribution in [0.15, 0.2) is 24.3 Å². The van der Waals surface area contributed by atoms with Crippen LogP contribution >= 0.6 is 0 Å². The molecule has 0 amide bonds. The molecular weight excluding hydrogens is 301 g/mol. The maximum absolute atomic E-state index is 12.2. The second-order valence-electron chi connectivity index (χ2n) is 4.12. The van der Waals surface area contributed by atoms with Crippen molar-refractivity contribution in [3.05, 3.63) is 35.5 Å². The zero-order valence-electron chi connectivity index (χ0n) is 11.3. The molecule has 0 fully saturated rings. The van der Waals surface area contributed by atoms with Crippen LogP contribution < -0.4 is 4.74 Å². The molecule has 0 bridgehead atoms. The van der Waals surface area contributed by atoms with Gasteiger partial charge in [0, 0.05) is 11.5 Å². The fourth-order valence-electron chi connectivity index (χ4n) is 1.79. The highest BCUT2D eigenvalue weighted by atomic mass is 19.4. The molecule has 1 heterocycles. The molecule has 0 N–H and O–H groups in total. The molecule has 0 aliphatic heterocycles. The second-order valence-corrected chi connectivity index (χ2v) is 4.12. The van der Waals surface area contributed by atoms with Gasteiger partial charge in [-0.2, -0.15) is 5.26 Å². The Morgan fingerprint density at radius 3 is 2.68 bits per heavy atom. The third kappa shape index (κ3) is 3.44. The lowest BCUT2D eigenvalue weighted by molar-refractivity contribution is -0.274. The Bertz CT molecular complexity index is 766. The highest BCUT2D eigenvalue weighted by Crippen LogP contribution is 2.27. The number of carbonyl (C=O) groups excluding carboxylic acids is 1. The average Bonchev–Trinajstić information content (AvgIpc) is 2.44. The molecule has 1 aromatic heterocycles. The van der Waals surface area contributed by atoms with Crippen LogP contribution in [0.4, 0.5) is 13.2 Å². The first kappa shape index (κ1) is 15.6. The molecule has 0 atom stereocenters. The number of hydrogen-bond acceptors (Lipinski definition) is 5. The second kappa shape index (κ2) is 5.89. The lowest BCUT2D eigenvalue weighted by atomic mass is 10.1. The number of rotatable bonds is 3. The Morgan fingerprint density at radius 2 is 2.09 bits per heavy atom. The van der Waals surface area contributed by atoms with Gasteiger partial charge in [0.05, 0.1) is 17.7 Å². The lowest BCUT2D eigenvalue weighted by Gasteiger charge is -2.10. The van der Waals surface area contributed by atoms with Crippen molar-refractivity contribution in [2.24, 2.45) is 0 Å². The highest BCUT2D eigenvalue weighted by molar-refractivity contribution is 5.96. The molecule has 0 saturated carbocycles. The quantitative estimate of drug-likeness (QED) is 0.814. The van der Waals surface area contributed by atoms with Crippen LogP contribution in [0, 0.1) is 11.3 Å². The summed E-state index contributed by atoms with van der Waals surface area (Å²) in [6, 6.07) is 6.51. The van der Waals surface area contributed by atoms with Gasteiger partial charge in [-0.3, -0.25) is 0 Å². The summed E-state index contributed by atoms with van der Waals surface area (Å²) in [7, 11) is 0. The number of benzene rings is 1. The number of carbonyl (C=O) groups is 1. The van der Waals surface area contributed by atoms with Crippen molar-refractivity contribution < 1.29 is 27.4 Å². The number of hydrogen-bond donors (Lipinski definition) is 0. The Labute approximate surface area is 122 Å². The normalized spacial score (nSPS) is 11.0. The van der Waals surface area contributed by atoms with Crippen molar-refractivity contribution in [1.29, 1.82) is 5.26 Å². The van der Waals surface area contributed by atoms with Crippen LogP contribution in [0.1, 0.15) is 23.0 Å². The van der Waals surface area contributed by atoms with Gasteiger partial charge in [-0.05, 0) is 25.1 Å². The summed E-state index contributed by atoms with van der Waals surface area (Å²) < 4.78 is 45.1. The van der Waals surface area contributed by atoms with E-state index in [-0.39, 0.29) is 23.4 Å². The molecule has 114 valence electrons. The van der Waals surface area contributed by atoms with Crippen molar-refractivity contribution in [3.63, 3.8) is 0 Å². The maximum atomic E-state index is 12.2. The largest absolute Gasteiger partial charge is 0.573 e. The Hall–Kier alpha value is -2.82. The third-order valence-corrected chi connectivity index (χ3v) is 2.62. The van der Waals surface area contributed by atoms with Crippen molar-refractivity contribution in [1.82, 2.24) is 4.98 Å². The van der Waals surface area contributed by atoms with E-state index in [0.29, 0.717) is 5.39 Å². The minimum absolute atomic E-state index is 0.0404. The summed E-state index contributed by atoms with van der Waals surface area (Å²) in [5, 5.41) is 9.40. The smallest absolute Gasteiger partial charge is 0.462 e. The molecule has 8 heteroatoms. The molecule has 0 aliphatic carbocycles. The number of esters is 1. The minimum Gasteiger partial charge on any atom is -0.462 e. The summed E-state index contributed by atoms with van der Waals surface area (Å²) in [5.74, 6) is -1.18. The first-order valence-electron chi connectivity index (χ1n) is 6.12. The van der Waals surface area contributed by atoms with E-state index in [4.69, 9.17) is 10.00 Å². The van der Waals surface area contributed by atoms with E-state index in [1.165, 1.54) is 12.1 Å². The molecule has 0 saturated heterocycles. The number of halogens is 3. The predicted octanol–water partition coefficient (Wildman–Crippen LogP) is 3.18. The van der Waals surface area contributed by atoms with Gasteiger partial charge in [0.2, 0.25) is 0 Å². The number of ether oxygens (including phenoxy) is 2. The first-order chi connectivity index (χ1) is 10.3. The number of alkyl halides is 3. The van der Waals surface area contributed by atoms with Crippen molar-refractivity contribution in [2.45, 2.75) is 13.3 Å². The maximum Gasteiger partial charge on any atom is 0.573 e. The summed E-state index contributed by atoms with van der Waals surface area (Å²) in [6.45, 7) is 1.74. The SMILES string of the molecule is CCOC(=O)c1cc2ccc(OC(F)(F)F)cc2nc1C#N. The molecule has 2 aromatic rings. The highest BCUT2D eigenvalue weighted by Gasteiger charge is 2.31. The van der Waals surface area contributed by atoms with E-state index in [9.17, 15) is 18.0 Å². The molecule has 2 rings (SSSR count). The number of nitriles is 1. The average molecular weight is 310 g/mol. The van der Waals surface area contributed by atoms with Gasteiger partial charge < -0.3 is 9.47 Å². The Balaban J connectivity index is 2.50. The van der Waals surface area contributed by atoms with Crippen LogP contribution in [0.3, 0.4) is 0 Å². The zero-order valence-corrected chi connectivity index (χ0v) is 11.3. The van der Waals surface area contributed by atoms with Gasteiger partial charge in [0.15, 0.2) is 5.69 Å². The van der Waals surface area contributed by atoms with Gasteiger partial charge in [0.25, 0.3) is 0 Å². The summed E-state index contributed by atoms with van der Waals surface area (Å²) in [4.78, 5) is 15.6. The van der Waals surface area contributed by atoms with Crippen molar-refractivity contribution >= 4 is 16.9 Å². The van der Waals surface area contributed by atoms with Gasteiger partial charge >= 0.3 is 12.3 Å². The zero-order chi connectivity index (χ0) is 16.3. The fourth-order valence-corrected chi connectivity index (χ4v) is 1.79. The number of pyridine rings is 1. The van der Waals surface area contributed by atoms with E-state index >= 15 is 0 Å². The topological polar surface area (TPSA) is 72.2 Å². The van der Waals surface area contributed by atoms with Crippen LogP contribution in [0.5, 0.6) is 5.75 Å². The summed E-state index contributed by atoms with van der Waals surface area (Å²) >= 11 is 0. The van der Waals surface area contributed by atoms with E-state index in [1.807, 2.05) is 0 Å². The molecule has 22 heavy (non-hydrogen) atoms. The standard InChI is InChI=1S/C14H9F3N2O3/c1-2-21-13(20)10-5-8-3-4-9(22-14(15,16)17)6-11(8)19-12(10)7-18/h3-6H,2H2,1H3. The molecular formula is C14H9F3N2O3. The van der Waals surface area contributed by atoms with Gasteiger partial charge in [0.1, 0.15) is 11.8 Å². The lowest BCUT2D eigenvalue weighted by Crippen LogP contribution is -2.17.